The topological polar surface area (TPSA) is 12.0 Å². The van der Waals surface area contributed by atoms with E-state index in [4.69, 9.17) is 0 Å². The Morgan fingerprint density at radius 2 is 1.70 bits per heavy atom. The third-order valence-corrected chi connectivity index (χ3v) is 3.95. The maximum Gasteiger partial charge on any atom is 0.0243 e. The van der Waals surface area contributed by atoms with E-state index in [0.717, 1.165) is 6.54 Å². The molecule has 0 aliphatic rings. The summed E-state index contributed by atoms with van der Waals surface area (Å²) in [5.74, 6) is 0.399. The van der Waals surface area contributed by atoms with Crippen molar-refractivity contribution in [2.45, 2.75) is 39.7 Å². The van der Waals surface area contributed by atoms with Crippen LogP contribution < -0.4 is 5.32 Å². The van der Waals surface area contributed by atoms with Gasteiger partial charge in [0.1, 0.15) is 0 Å². The van der Waals surface area contributed by atoms with E-state index in [2.05, 4.69) is 81.5 Å². The maximum absolute atomic E-state index is 3.59. The van der Waals surface area contributed by atoms with Gasteiger partial charge in [0.25, 0.3) is 0 Å². The van der Waals surface area contributed by atoms with Crippen LogP contribution in [0.5, 0.6) is 0 Å². The second-order valence-corrected chi connectivity index (χ2v) is 5.59. The van der Waals surface area contributed by atoms with E-state index in [9.17, 15) is 0 Å². The van der Waals surface area contributed by atoms with Gasteiger partial charge in [0, 0.05) is 12.0 Å². The summed E-state index contributed by atoms with van der Waals surface area (Å²) < 4.78 is 0. The smallest absolute Gasteiger partial charge is 0.0243 e. The van der Waals surface area contributed by atoms with E-state index in [-0.39, 0.29) is 0 Å². The highest BCUT2D eigenvalue weighted by atomic mass is 14.9. The number of benzene rings is 2. The molecule has 2 aromatic rings. The maximum atomic E-state index is 3.59. The van der Waals surface area contributed by atoms with Crippen LogP contribution in [0.25, 0.3) is 0 Å². The second-order valence-electron chi connectivity index (χ2n) is 5.59. The Morgan fingerprint density at radius 3 is 2.35 bits per heavy atom. The zero-order valence-corrected chi connectivity index (χ0v) is 13.0. The molecule has 0 saturated carbocycles. The van der Waals surface area contributed by atoms with Crippen LogP contribution in [0.1, 0.15) is 42.0 Å². The number of nitrogens with one attached hydrogen (secondary N) is 1. The lowest BCUT2D eigenvalue weighted by atomic mass is 9.83. The molecule has 2 atom stereocenters. The highest BCUT2D eigenvalue weighted by Gasteiger charge is 2.22. The number of hydrogen-bond acceptors (Lipinski definition) is 1. The predicted molar refractivity (Wildman–Crippen MR) is 87.3 cm³/mol. The molecule has 0 aliphatic heterocycles. The number of hydrogen-bond donors (Lipinski definition) is 1. The van der Waals surface area contributed by atoms with Crippen LogP contribution in [0.15, 0.2) is 48.5 Å². The van der Waals surface area contributed by atoms with Gasteiger partial charge in [-0.15, -0.1) is 0 Å². The average molecular weight is 267 g/mol. The Kier molecular flexibility index (Phi) is 4.97. The van der Waals surface area contributed by atoms with Crippen LogP contribution in [0.4, 0.5) is 0 Å². The quantitative estimate of drug-likeness (QED) is 0.845. The van der Waals surface area contributed by atoms with Crippen molar-refractivity contribution in [2.75, 3.05) is 6.54 Å². The predicted octanol–water partition coefficient (Wildman–Crippen LogP) is 4.43. The second kappa shape index (κ2) is 6.71. The Hall–Kier alpha value is -1.60. The van der Waals surface area contributed by atoms with Crippen molar-refractivity contribution >= 4 is 0 Å². The van der Waals surface area contributed by atoms with Gasteiger partial charge in [-0.1, -0.05) is 61.0 Å². The largest absolute Gasteiger partial charge is 0.314 e. The van der Waals surface area contributed by atoms with Gasteiger partial charge in [-0.05, 0) is 44.0 Å². The fraction of sp³-hybridized carbons (Fsp3) is 0.368. The third kappa shape index (κ3) is 3.29. The molecule has 1 nitrogen and oxygen atoms in total. The molecule has 2 unspecified atom stereocenters. The van der Waals surface area contributed by atoms with E-state index in [1.54, 1.807) is 0 Å². The Morgan fingerprint density at radius 1 is 1.00 bits per heavy atom. The van der Waals surface area contributed by atoms with Gasteiger partial charge in [-0.2, -0.15) is 0 Å². The van der Waals surface area contributed by atoms with E-state index < -0.39 is 0 Å². The Bertz CT molecular complexity index is 545. The van der Waals surface area contributed by atoms with E-state index in [0.29, 0.717) is 12.0 Å². The van der Waals surface area contributed by atoms with Gasteiger partial charge in [0.2, 0.25) is 0 Å². The van der Waals surface area contributed by atoms with Crippen molar-refractivity contribution < 1.29 is 0 Å². The van der Waals surface area contributed by atoms with Crippen LogP contribution in [0.3, 0.4) is 0 Å². The highest BCUT2D eigenvalue weighted by molar-refractivity contribution is 5.41. The third-order valence-electron chi connectivity index (χ3n) is 3.95. The summed E-state index contributed by atoms with van der Waals surface area (Å²) in [5.41, 5.74) is 5.52. The molecule has 0 amide bonds. The molecule has 20 heavy (non-hydrogen) atoms. The molecule has 0 bridgehead atoms. The van der Waals surface area contributed by atoms with E-state index >= 15 is 0 Å². The minimum absolute atomic E-state index is 0.399. The average Bonchev–Trinajstić information content (AvgIpc) is 2.44. The summed E-state index contributed by atoms with van der Waals surface area (Å²) in [7, 11) is 0. The van der Waals surface area contributed by atoms with Gasteiger partial charge < -0.3 is 5.32 Å². The number of aryl methyl sites for hydroxylation is 2. The van der Waals surface area contributed by atoms with Gasteiger partial charge in [0.15, 0.2) is 0 Å². The summed E-state index contributed by atoms with van der Waals surface area (Å²) in [6.07, 6.45) is 0. The molecule has 106 valence electrons. The van der Waals surface area contributed by atoms with Gasteiger partial charge >= 0.3 is 0 Å². The summed E-state index contributed by atoms with van der Waals surface area (Å²) in [4.78, 5) is 0. The highest BCUT2D eigenvalue weighted by Crippen LogP contribution is 2.31. The van der Waals surface area contributed by atoms with Gasteiger partial charge in [-0.25, -0.2) is 0 Å². The molecule has 2 rings (SSSR count). The van der Waals surface area contributed by atoms with Crippen LogP contribution in [-0.4, -0.2) is 12.6 Å². The summed E-state index contributed by atoms with van der Waals surface area (Å²) in [6, 6.07) is 18.0. The normalized spacial score (nSPS) is 14.0. The SMILES string of the molecule is CCNC(C)C(c1ccccc1)c1cc(C)ccc1C. The van der Waals surface area contributed by atoms with Gasteiger partial charge in [0.05, 0.1) is 0 Å². The zero-order valence-electron chi connectivity index (χ0n) is 13.0. The molecular formula is C19H25N. The molecular weight excluding hydrogens is 242 g/mol. The van der Waals surface area contributed by atoms with Crippen molar-refractivity contribution in [3.05, 3.63) is 70.8 Å². The van der Waals surface area contributed by atoms with Crippen LogP contribution in [-0.2, 0) is 0 Å². The number of rotatable bonds is 5. The molecule has 2 aromatic carbocycles. The molecule has 1 heteroatoms. The molecule has 1 N–H and O–H groups in total. The summed E-state index contributed by atoms with van der Waals surface area (Å²) in [6.45, 7) is 9.83. The van der Waals surface area contributed by atoms with Crippen LogP contribution in [0.2, 0.25) is 0 Å². The standard InChI is InChI=1S/C19H25N/c1-5-20-16(4)19(17-9-7-6-8-10-17)18-13-14(2)11-12-15(18)3/h6-13,16,19-20H,5H2,1-4H3. The van der Waals surface area contributed by atoms with Crippen LogP contribution in [0, 0.1) is 13.8 Å². The lowest BCUT2D eigenvalue weighted by Gasteiger charge is -2.27. The number of likely N-dealkylation sites (N-methyl/N-ethyl adjacent to an activating group) is 1. The van der Waals surface area contributed by atoms with E-state index in [1.807, 2.05) is 0 Å². The molecule has 0 saturated heterocycles. The lowest BCUT2D eigenvalue weighted by Crippen LogP contribution is -2.33. The van der Waals surface area contributed by atoms with Gasteiger partial charge in [-0.3, -0.25) is 0 Å². The zero-order chi connectivity index (χ0) is 14.5. The lowest BCUT2D eigenvalue weighted by molar-refractivity contribution is 0.513. The Balaban J connectivity index is 2.48. The fourth-order valence-electron chi connectivity index (χ4n) is 2.93. The first-order chi connectivity index (χ1) is 9.63. The van der Waals surface area contributed by atoms with Crippen molar-refractivity contribution in [1.29, 1.82) is 0 Å². The van der Waals surface area contributed by atoms with Crippen molar-refractivity contribution in [3.63, 3.8) is 0 Å². The minimum Gasteiger partial charge on any atom is -0.314 e. The first kappa shape index (κ1) is 14.8. The first-order valence-corrected chi connectivity index (χ1v) is 7.49. The summed E-state index contributed by atoms with van der Waals surface area (Å²) in [5, 5.41) is 3.59. The summed E-state index contributed by atoms with van der Waals surface area (Å²) >= 11 is 0. The van der Waals surface area contributed by atoms with Crippen molar-refractivity contribution in [3.8, 4) is 0 Å². The molecule has 0 radical (unpaired) electrons. The minimum atomic E-state index is 0.399. The van der Waals surface area contributed by atoms with Crippen LogP contribution >= 0.6 is 0 Å². The first-order valence-electron chi connectivity index (χ1n) is 7.49. The van der Waals surface area contributed by atoms with Crippen molar-refractivity contribution in [1.82, 2.24) is 5.32 Å². The fourth-order valence-corrected chi connectivity index (χ4v) is 2.93. The molecule has 0 aliphatic carbocycles. The van der Waals surface area contributed by atoms with E-state index in [1.165, 1.54) is 22.3 Å². The monoisotopic (exact) mass is 267 g/mol. The molecule has 0 aromatic heterocycles. The molecule has 0 spiro atoms. The Labute approximate surface area is 123 Å². The molecule has 0 fully saturated rings. The molecule has 0 heterocycles. The van der Waals surface area contributed by atoms with Crippen molar-refractivity contribution in [2.24, 2.45) is 0 Å².